The third-order valence-corrected chi connectivity index (χ3v) is 11.2. The Kier molecular flexibility index (Phi) is 11.1. The number of amides is 2. The molecule has 2 fully saturated rings. The van der Waals surface area contributed by atoms with Crippen LogP contribution in [0.1, 0.15) is 37.0 Å². The van der Waals surface area contributed by atoms with Crippen LogP contribution in [0.25, 0.3) is 11.6 Å². The summed E-state index contributed by atoms with van der Waals surface area (Å²) in [6.45, 7) is 4.35. The number of ether oxygens (including phenoxy) is 3. The quantitative estimate of drug-likeness (QED) is 0.220. The van der Waals surface area contributed by atoms with Gasteiger partial charge in [-0.1, -0.05) is 56.3 Å². The van der Waals surface area contributed by atoms with Crippen molar-refractivity contribution in [2.24, 2.45) is 11.8 Å². The highest BCUT2D eigenvalue weighted by Crippen LogP contribution is 2.36. The molecule has 272 valence electrons. The minimum Gasteiger partial charge on any atom is -0.443 e. The number of fused-ring (bicyclic) bond motifs is 2. The SMILES string of the molecule is CC(C)CN(C[C@@H](O)[C@H](Cc1ccccc1)NC(=O)O[C@H]1CO[C@H]2OCC[C@H]21)S(=O)(=O)c1ccc2c(c1)/C(=C/c1ccc(N(C)C)cc1)C(=O)N2. The van der Waals surface area contributed by atoms with Gasteiger partial charge < -0.3 is 34.9 Å². The van der Waals surface area contributed by atoms with Crippen molar-refractivity contribution >= 4 is 45.0 Å². The molecule has 0 spiro atoms. The first-order chi connectivity index (χ1) is 24.4. The van der Waals surface area contributed by atoms with Gasteiger partial charge in [-0.15, -0.1) is 0 Å². The molecule has 2 amide bonds. The second-order valence-electron chi connectivity index (χ2n) is 13.9. The van der Waals surface area contributed by atoms with E-state index in [1.807, 2.05) is 87.4 Å². The molecule has 13 heteroatoms. The van der Waals surface area contributed by atoms with Crippen LogP contribution < -0.4 is 15.5 Å². The number of aliphatic hydroxyl groups excluding tert-OH is 1. The number of alkyl carbamates (subject to hydrolysis) is 1. The van der Waals surface area contributed by atoms with Crippen LogP contribution in [0.4, 0.5) is 16.2 Å². The van der Waals surface area contributed by atoms with Crippen molar-refractivity contribution in [3.05, 3.63) is 89.5 Å². The number of nitrogens with zero attached hydrogens (tertiary/aromatic N) is 2. The molecule has 0 saturated carbocycles. The smallest absolute Gasteiger partial charge is 0.407 e. The lowest BCUT2D eigenvalue weighted by molar-refractivity contribution is -0.110. The van der Waals surface area contributed by atoms with Crippen LogP contribution in [0.5, 0.6) is 0 Å². The molecule has 3 aliphatic heterocycles. The summed E-state index contributed by atoms with van der Waals surface area (Å²) < 4.78 is 46.8. The lowest BCUT2D eigenvalue weighted by Crippen LogP contribution is -2.51. The second-order valence-corrected chi connectivity index (χ2v) is 15.8. The van der Waals surface area contributed by atoms with Crippen LogP contribution in [0.15, 0.2) is 77.7 Å². The van der Waals surface area contributed by atoms with Gasteiger partial charge in [0.05, 0.1) is 36.2 Å². The van der Waals surface area contributed by atoms with E-state index >= 15 is 0 Å². The fourth-order valence-corrected chi connectivity index (χ4v) is 8.34. The van der Waals surface area contributed by atoms with Crippen molar-refractivity contribution in [2.45, 2.75) is 56.1 Å². The first-order valence-corrected chi connectivity index (χ1v) is 18.7. The minimum absolute atomic E-state index is 0.0130. The van der Waals surface area contributed by atoms with Crippen molar-refractivity contribution in [1.82, 2.24) is 9.62 Å². The Morgan fingerprint density at radius 3 is 2.51 bits per heavy atom. The highest BCUT2D eigenvalue weighted by molar-refractivity contribution is 7.89. The molecule has 0 bridgehead atoms. The Hall–Kier alpha value is -4.27. The number of anilines is 2. The molecule has 3 aliphatic rings. The van der Waals surface area contributed by atoms with Gasteiger partial charge in [-0.25, -0.2) is 13.2 Å². The molecule has 0 aromatic heterocycles. The van der Waals surface area contributed by atoms with Crippen molar-refractivity contribution in [1.29, 1.82) is 0 Å². The van der Waals surface area contributed by atoms with Crippen molar-refractivity contribution in [3.63, 3.8) is 0 Å². The van der Waals surface area contributed by atoms with E-state index in [9.17, 15) is 23.1 Å². The van der Waals surface area contributed by atoms with Gasteiger partial charge in [0.2, 0.25) is 10.0 Å². The van der Waals surface area contributed by atoms with E-state index in [-0.39, 0.29) is 48.8 Å². The zero-order valence-corrected chi connectivity index (χ0v) is 30.1. The number of nitrogens with one attached hydrogen (secondary N) is 2. The molecular formula is C38H46N4O8S. The van der Waals surface area contributed by atoms with E-state index in [2.05, 4.69) is 10.6 Å². The topological polar surface area (TPSA) is 147 Å². The van der Waals surface area contributed by atoms with Crippen LogP contribution in [-0.4, -0.2) is 94.8 Å². The largest absolute Gasteiger partial charge is 0.443 e. The molecule has 5 atom stereocenters. The third kappa shape index (κ3) is 8.45. The molecule has 51 heavy (non-hydrogen) atoms. The van der Waals surface area contributed by atoms with Gasteiger partial charge in [-0.2, -0.15) is 4.31 Å². The van der Waals surface area contributed by atoms with Crippen LogP contribution in [0.2, 0.25) is 0 Å². The van der Waals surface area contributed by atoms with E-state index in [0.717, 1.165) is 23.2 Å². The minimum atomic E-state index is -4.18. The van der Waals surface area contributed by atoms with E-state index in [0.29, 0.717) is 23.4 Å². The van der Waals surface area contributed by atoms with Crippen molar-refractivity contribution in [2.75, 3.05) is 50.6 Å². The predicted octanol–water partition coefficient (Wildman–Crippen LogP) is 4.35. The van der Waals surface area contributed by atoms with E-state index in [4.69, 9.17) is 14.2 Å². The Balaban J connectivity index is 1.24. The summed E-state index contributed by atoms with van der Waals surface area (Å²) in [7, 11) is -0.292. The van der Waals surface area contributed by atoms with E-state index in [1.165, 1.54) is 16.4 Å². The van der Waals surface area contributed by atoms with Crippen molar-refractivity contribution in [3.8, 4) is 0 Å². The highest BCUT2D eigenvalue weighted by atomic mass is 32.2. The molecule has 3 aromatic carbocycles. The Morgan fingerprint density at radius 2 is 1.80 bits per heavy atom. The van der Waals surface area contributed by atoms with E-state index < -0.39 is 40.7 Å². The molecule has 12 nitrogen and oxygen atoms in total. The van der Waals surface area contributed by atoms with Gasteiger partial charge in [0.25, 0.3) is 5.91 Å². The van der Waals surface area contributed by atoms with Gasteiger partial charge in [0, 0.05) is 49.7 Å². The van der Waals surface area contributed by atoms with Crippen molar-refractivity contribution < 1.29 is 37.3 Å². The van der Waals surface area contributed by atoms with Gasteiger partial charge in [0.15, 0.2) is 6.29 Å². The lowest BCUT2D eigenvalue weighted by Gasteiger charge is -2.31. The zero-order chi connectivity index (χ0) is 36.3. The van der Waals surface area contributed by atoms with Crippen LogP contribution in [0.3, 0.4) is 0 Å². The summed E-state index contributed by atoms with van der Waals surface area (Å²) in [6.07, 6.45) is -0.204. The summed E-state index contributed by atoms with van der Waals surface area (Å²) in [6, 6.07) is 20.7. The molecule has 6 rings (SSSR count). The van der Waals surface area contributed by atoms with Crippen LogP contribution in [-0.2, 0) is 35.4 Å². The predicted molar refractivity (Wildman–Crippen MR) is 194 cm³/mol. The van der Waals surface area contributed by atoms with Crippen LogP contribution >= 0.6 is 0 Å². The molecule has 3 N–H and O–H groups in total. The van der Waals surface area contributed by atoms with Gasteiger partial charge in [-0.3, -0.25) is 4.79 Å². The molecule has 0 aliphatic carbocycles. The average molecular weight is 719 g/mol. The first kappa shape index (κ1) is 36.5. The number of aliphatic hydroxyl groups is 1. The molecule has 0 unspecified atom stereocenters. The molecule has 3 aromatic rings. The second kappa shape index (κ2) is 15.5. The summed E-state index contributed by atoms with van der Waals surface area (Å²) in [5.41, 5.74) is 3.99. The maximum Gasteiger partial charge on any atom is 0.407 e. The number of benzene rings is 3. The Morgan fingerprint density at radius 1 is 1.06 bits per heavy atom. The number of carbonyl (C=O) groups is 2. The maximum absolute atomic E-state index is 14.3. The summed E-state index contributed by atoms with van der Waals surface area (Å²) in [5, 5.41) is 17.3. The molecular weight excluding hydrogens is 673 g/mol. The molecule has 2 saturated heterocycles. The summed E-state index contributed by atoms with van der Waals surface area (Å²) >= 11 is 0. The van der Waals surface area contributed by atoms with Crippen LogP contribution in [0, 0.1) is 11.8 Å². The van der Waals surface area contributed by atoms with E-state index in [1.54, 1.807) is 12.1 Å². The number of sulfonamides is 1. The standard InChI is InChI=1S/C38H46N4O8S/c1-24(2)21-42(22-34(43)33(19-25-8-6-5-7-9-25)40-38(45)50-35-23-49-37-29(35)16-17-48-37)51(46,47)28-14-15-32-30(20-28)31(36(44)39-32)18-26-10-12-27(13-11-26)41(3)4/h5-15,18,20,24,29,33-35,37,43H,16-17,19,21-23H2,1-4H3,(H,39,44)(H,40,45)/b31-18-/t29-,33-,34+,35-,37+/m0/s1. The fourth-order valence-electron chi connectivity index (χ4n) is 6.69. The fraction of sp³-hybridized carbons (Fsp3) is 0.421. The highest BCUT2D eigenvalue weighted by Gasteiger charge is 2.44. The zero-order valence-electron chi connectivity index (χ0n) is 29.3. The van der Waals surface area contributed by atoms with Gasteiger partial charge in [0.1, 0.15) is 6.10 Å². The number of rotatable bonds is 13. The molecule has 0 radical (unpaired) electrons. The number of hydrogen-bond donors (Lipinski definition) is 3. The summed E-state index contributed by atoms with van der Waals surface area (Å²) in [4.78, 5) is 28.2. The number of carbonyl (C=O) groups excluding carboxylic acids is 2. The monoisotopic (exact) mass is 718 g/mol. The van der Waals surface area contributed by atoms with Gasteiger partial charge >= 0.3 is 6.09 Å². The third-order valence-electron chi connectivity index (χ3n) is 9.40. The first-order valence-electron chi connectivity index (χ1n) is 17.3. The molecule has 3 heterocycles. The average Bonchev–Trinajstić information content (AvgIpc) is 3.80. The summed E-state index contributed by atoms with van der Waals surface area (Å²) in [5.74, 6) is -0.469. The Bertz CT molecular complexity index is 1850. The normalized spacial score (nSPS) is 21.7. The maximum atomic E-state index is 14.3. The lowest BCUT2D eigenvalue weighted by atomic mass is 10.0. The Labute approximate surface area is 299 Å². The number of hydrogen-bond acceptors (Lipinski definition) is 9. The van der Waals surface area contributed by atoms with Gasteiger partial charge in [-0.05, 0) is 66.3 Å².